The van der Waals surface area contributed by atoms with Crippen LogP contribution in [0, 0.1) is 12.8 Å². The predicted molar refractivity (Wildman–Crippen MR) is 102 cm³/mol. The first kappa shape index (κ1) is 20.7. The van der Waals surface area contributed by atoms with E-state index >= 15 is 0 Å². The Morgan fingerprint density at radius 3 is 2.62 bits per heavy atom. The van der Waals surface area contributed by atoms with E-state index in [4.69, 9.17) is 17.0 Å². The van der Waals surface area contributed by atoms with E-state index in [-0.39, 0.29) is 10.0 Å². The Morgan fingerprint density at radius 1 is 1.33 bits per heavy atom. The van der Waals surface area contributed by atoms with Crippen molar-refractivity contribution in [2.45, 2.75) is 51.9 Å². The Labute approximate surface area is 151 Å². The van der Waals surface area contributed by atoms with Gasteiger partial charge in [-0.05, 0) is 61.7 Å². The van der Waals surface area contributed by atoms with E-state index in [1.54, 1.807) is 25.1 Å². The summed E-state index contributed by atoms with van der Waals surface area (Å²) in [5, 5.41) is 3.02. The van der Waals surface area contributed by atoms with Gasteiger partial charge in [0.25, 0.3) is 10.0 Å². The quantitative estimate of drug-likeness (QED) is 0.514. The molecular formula is C17H28N2O3S2. The molecule has 5 nitrogen and oxygen atoms in total. The Kier molecular flexibility index (Phi) is 8.48. The van der Waals surface area contributed by atoms with Gasteiger partial charge in [0.15, 0.2) is 5.11 Å². The fourth-order valence-electron chi connectivity index (χ4n) is 2.02. The van der Waals surface area contributed by atoms with Gasteiger partial charge >= 0.3 is 0 Å². The van der Waals surface area contributed by atoms with Crippen LogP contribution in [0.5, 0.6) is 5.75 Å². The minimum atomic E-state index is -3.69. The van der Waals surface area contributed by atoms with Crippen molar-refractivity contribution in [3.8, 4) is 5.75 Å². The number of sulfonamides is 1. The molecule has 0 amide bonds. The number of unbranched alkanes of at least 4 members (excludes halogenated alkanes) is 1. The van der Waals surface area contributed by atoms with E-state index < -0.39 is 10.0 Å². The summed E-state index contributed by atoms with van der Waals surface area (Å²) >= 11 is 5.04. The molecule has 2 N–H and O–H groups in total. The number of hydrogen-bond donors (Lipinski definition) is 2. The maximum absolute atomic E-state index is 12.4. The number of ether oxygens (including phenoxy) is 1. The van der Waals surface area contributed by atoms with Crippen molar-refractivity contribution in [2.24, 2.45) is 5.92 Å². The van der Waals surface area contributed by atoms with Gasteiger partial charge in [-0.3, -0.25) is 4.72 Å². The van der Waals surface area contributed by atoms with Crippen LogP contribution in [-0.4, -0.2) is 26.7 Å². The topological polar surface area (TPSA) is 67.4 Å². The molecule has 0 aromatic heterocycles. The second-order valence-corrected chi connectivity index (χ2v) is 8.23. The van der Waals surface area contributed by atoms with Crippen molar-refractivity contribution in [1.29, 1.82) is 0 Å². The summed E-state index contributed by atoms with van der Waals surface area (Å²) in [5.41, 5.74) is 0.626. The maximum atomic E-state index is 12.4. The highest BCUT2D eigenvalue weighted by Crippen LogP contribution is 2.21. The lowest BCUT2D eigenvalue weighted by atomic mass is 10.1. The zero-order valence-electron chi connectivity index (χ0n) is 14.9. The average Bonchev–Trinajstić information content (AvgIpc) is 2.46. The Morgan fingerprint density at radius 2 is 2.04 bits per heavy atom. The normalized spacial score (nSPS) is 11.4. The van der Waals surface area contributed by atoms with Crippen molar-refractivity contribution in [3.63, 3.8) is 0 Å². The van der Waals surface area contributed by atoms with Crippen LogP contribution in [0.1, 0.15) is 45.6 Å². The molecule has 7 heteroatoms. The third-order valence-corrected chi connectivity index (χ3v) is 5.33. The van der Waals surface area contributed by atoms with Crippen molar-refractivity contribution in [1.82, 2.24) is 10.0 Å². The van der Waals surface area contributed by atoms with Crippen molar-refractivity contribution in [2.75, 3.05) is 13.2 Å². The zero-order chi connectivity index (χ0) is 18.2. The standard InChI is InChI=1S/C17H28N2O3S2/c1-5-6-10-18-17(23)19-24(20,21)16-8-7-15(12-14(16)4)22-11-9-13(2)3/h7-8,12-13H,5-6,9-11H2,1-4H3,(H2,18,19,23). The molecule has 1 rings (SSSR count). The lowest BCUT2D eigenvalue weighted by Gasteiger charge is -2.14. The van der Waals surface area contributed by atoms with Gasteiger partial charge in [-0.15, -0.1) is 0 Å². The summed E-state index contributed by atoms with van der Waals surface area (Å²) in [7, 11) is -3.69. The molecule has 0 bridgehead atoms. The summed E-state index contributed by atoms with van der Waals surface area (Å²) in [5.74, 6) is 1.24. The number of aryl methyl sites for hydroxylation is 1. The predicted octanol–water partition coefficient (Wildman–Crippen LogP) is 3.37. The minimum absolute atomic E-state index is 0.125. The monoisotopic (exact) mass is 372 g/mol. The van der Waals surface area contributed by atoms with E-state index in [0.717, 1.165) is 19.3 Å². The first-order chi connectivity index (χ1) is 11.3. The summed E-state index contributed by atoms with van der Waals surface area (Å²) in [6.45, 7) is 9.34. The lowest BCUT2D eigenvalue weighted by molar-refractivity contribution is 0.289. The van der Waals surface area contributed by atoms with Gasteiger partial charge in [-0.1, -0.05) is 27.2 Å². The van der Waals surface area contributed by atoms with E-state index in [0.29, 0.717) is 30.4 Å². The summed E-state index contributed by atoms with van der Waals surface area (Å²) < 4.78 is 32.9. The highest BCUT2D eigenvalue weighted by atomic mass is 32.2. The molecule has 0 aliphatic heterocycles. The molecule has 0 fully saturated rings. The molecule has 1 aromatic rings. The molecular weight excluding hydrogens is 344 g/mol. The smallest absolute Gasteiger partial charge is 0.263 e. The number of thiocarbonyl (C=S) groups is 1. The molecule has 0 aliphatic carbocycles. The molecule has 0 spiro atoms. The number of rotatable bonds is 9. The van der Waals surface area contributed by atoms with E-state index in [9.17, 15) is 8.42 Å². The van der Waals surface area contributed by atoms with Gasteiger partial charge in [0.2, 0.25) is 0 Å². The van der Waals surface area contributed by atoms with Crippen molar-refractivity contribution < 1.29 is 13.2 Å². The third-order valence-electron chi connectivity index (χ3n) is 3.44. The van der Waals surface area contributed by atoms with Gasteiger partial charge in [0, 0.05) is 6.54 Å². The average molecular weight is 373 g/mol. The molecule has 24 heavy (non-hydrogen) atoms. The van der Waals surface area contributed by atoms with Gasteiger partial charge in [-0.25, -0.2) is 8.42 Å². The zero-order valence-corrected chi connectivity index (χ0v) is 16.5. The van der Waals surface area contributed by atoms with E-state index in [2.05, 4.69) is 30.8 Å². The Hall–Kier alpha value is -1.34. The van der Waals surface area contributed by atoms with Crippen LogP contribution in [0.25, 0.3) is 0 Å². The number of nitrogens with one attached hydrogen (secondary N) is 2. The molecule has 1 aromatic carbocycles. The highest BCUT2D eigenvalue weighted by Gasteiger charge is 2.18. The first-order valence-electron chi connectivity index (χ1n) is 8.30. The maximum Gasteiger partial charge on any atom is 0.263 e. The fraction of sp³-hybridized carbons (Fsp3) is 0.588. The molecule has 0 unspecified atom stereocenters. The number of benzene rings is 1. The summed E-state index contributed by atoms with van der Waals surface area (Å²) in [6, 6.07) is 4.97. The molecule has 0 atom stereocenters. The Bertz CT molecular complexity index is 643. The lowest BCUT2D eigenvalue weighted by Crippen LogP contribution is -2.39. The molecule has 0 radical (unpaired) electrons. The number of hydrogen-bond acceptors (Lipinski definition) is 4. The van der Waals surface area contributed by atoms with Crippen LogP contribution in [0.15, 0.2) is 23.1 Å². The van der Waals surface area contributed by atoms with Crippen LogP contribution in [0.2, 0.25) is 0 Å². The highest BCUT2D eigenvalue weighted by molar-refractivity contribution is 7.91. The SMILES string of the molecule is CCCCNC(=S)NS(=O)(=O)c1ccc(OCCC(C)C)cc1C. The van der Waals surface area contributed by atoms with Crippen molar-refractivity contribution in [3.05, 3.63) is 23.8 Å². The van der Waals surface area contributed by atoms with Gasteiger partial charge in [0.05, 0.1) is 11.5 Å². The molecule has 0 heterocycles. The molecule has 136 valence electrons. The first-order valence-corrected chi connectivity index (χ1v) is 10.2. The van der Waals surface area contributed by atoms with Crippen LogP contribution in [0.3, 0.4) is 0 Å². The molecule has 0 aliphatic rings. The third kappa shape index (κ3) is 7.05. The van der Waals surface area contributed by atoms with Gasteiger partial charge < -0.3 is 10.1 Å². The summed E-state index contributed by atoms with van der Waals surface area (Å²) in [6.07, 6.45) is 2.90. The van der Waals surface area contributed by atoms with Crippen LogP contribution >= 0.6 is 12.2 Å². The molecule has 0 saturated heterocycles. The summed E-state index contributed by atoms with van der Waals surface area (Å²) in [4.78, 5) is 0.207. The van der Waals surface area contributed by atoms with Crippen LogP contribution in [-0.2, 0) is 10.0 Å². The van der Waals surface area contributed by atoms with Gasteiger partial charge in [0.1, 0.15) is 5.75 Å². The largest absolute Gasteiger partial charge is 0.494 e. The van der Waals surface area contributed by atoms with E-state index in [1.807, 2.05) is 0 Å². The fourth-order valence-corrected chi connectivity index (χ4v) is 3.60. The second-order valence-electron chi connectivity index (χ2n) is 6.17. The van der Waals surface area contributed by atoms with Gasteiger partial charge in [-0.2, -0.15) is 0 Å². The van der Waals surface area contributed by atoms with Crippen LogP contribution < -0.4 is 14.8 Å². The second kappa shape index (κ2) is 9.84. The van der Waals surface area contributed by atoms with Crippen molar-refractivity contribution >= 4 is 27.4 Å². The van der Waals surface area contributed by atoms with E-state index in [1.165, 1.54) is 0 Å². The van der Waals surface area contributed by atoms with Crippen LogP contribution in [0.4, 0.5) is 0 Å². The Balaban J connectivity index is 2.72. The minimum Gasteiger partial charge on any atom is -0.494 e. The molecule has 0 saturated carbocycles.